The zero-order valence-corrected chi connectivity index (χ0v) is 19.0. The van der Waals surface area contributed by atoms with Gasteiger partial charge in [-0.05, 0) is 54.8 Å². The third-order valence-electron chi connectivity index (χ3n) is 5.97. The van der Waals surface area contributed by atoms with E-state index in [4.69, 9.17) is 0 Å². The van der Waals surface area contributed by atoms with Crippen LogP contribution in [0.2, 0.25) is 0 Å². The zero-order chi connectivity index (χ0) is 21.1. The van der Waals surface area contributed by atoms with Gasteiger partial charge in [0.25, 0.3) is 0 Å². The van der Waals surface area contributed by atoms with Crippen molar-refractivity contribution in [3.63, 3.8) is 0 Å². The highest BCUT2D eigenvalue weighted by Crippen LogP contribution is 2.39. The van der Waals surface area contributed by atoms with Crippen molar-refractivity contribution in [2.75, 3.05) is 13.1 Å². The zero-order valence-electron chi connectivity index (χ0n) is 18.1. The van der Waals surface area contributed by atoms with Crippen molar-refractivity contribution >= 4 is 23.2 Å². The highest BCUT2D eigenvalue weighted by atomic mass is 32.1. The average Bonchev–Trinajstić information content (AvgIpc) is 3.19. The molecule has 4 nitrogen and oxygen atoms in total. The Labute approximate surface area is 178 Å². The molecule has 156 valence electrons. The third-order valence-corrected chi connectivity index (χ3v) is 6.97. The molecule has 0 aliphatic carbocycles. The van der Waals surface area contributed by atoms with Crippen molar-refractivity contribution in [1.29, 1.82) is 0 Å². The summed E-state index contributed by atoms with van der Waals surface area (Å²) in [5.41, 5.74) is 3.59. The van der Waals surface area contributed by atoms with E-state index >= 15 is 0 Å². The van der Waals surface area contributed by atoms with E-state index in [2.05, 4.69) is 37.4 Å². The normalized spacial score (nSPS) is 17.2. The van der Waals surface area contributed by atoms with Gasteiger partial charge in [-0.15, -0.1) is 11.3 Å². The highest BCUT2D eigenvalue weighted by molar-refractivity contribution is 7.10. The van der Waals surface area contributed by atoms with E-state index < -0.39 is 0 Å². The van der Waals surface area contributed by atoms with Crippen molar-refractivity contribution in [2.45, 2.75) is 59.5 Å². The maximum absolute atomic E-state index is 13.5. The van der Waals surface area contributed by atoms with E-state index in [-0.39, 0.29) is 36.4 Å². The molecular weight excluding hydrogens is 380 g/mol. The fraction of sp³-hybridized carbons (Fsp3) is 0.500. The Morgan fingerprint density at radius 1 is 1.17 bits per heavy atom. The quantitative estimate of drug-likeness (QED) is 0.683. The summed E-state index contributed by atoms with van der Waals surface area (Å²) in [5, 5.41) is 2.12. The van der Waals surface area contributed by atoms with Crippen LogP contribution >= 0.6 is 11.3 Å². The van der Waals surface area contributed by atoms with Gasteiger partial charge in [-0.1, -0.05) is 45.0 Å². The maximum atomic E-state index is 13.5. The number of hydrogen-bond donors (Lipinski definition) is 0. The number of carbonyl (C=O) groups is 2. The van der Waals surface area contributed by atoms with Gasteiger partial charge in [0.05, 0.1) is 6.04 Å². The lowest BCUT2D eigenvalue weighted by Crippen LogP contribution is -2.50. The Morgan fingerprint density at radius 3 is 2.55 bits per heavy atom. The van der Waals surface area contributed by atoms with Gasteiger partial charge in [-0.3, -0.25) is 9.59 Å². The predicted molar refractivity (Wildman–Crippen MR) is 119 cm³/mol. The second kappa shape index (κ2) is 9.12. The number of hydrogen-bond acceptors (Lipinski definition) is 3. The third kappa shape index (κ3) is 4.40. The van der Waals surface area contributed by atoms with Gasteiger partial charge in [0, 0.05) is 23.4 Å². The number of fused-ring (bicyclic) bond motifs is 1. The molecule has 1 aliphatic rings. The molecule has 0 radical (unpaired) electrons. The summed E-state index contributed by atoms with van der Waals surface area (Å²) < 4.78 is 0. The number of rotatable bonds is 6. The SMILES string of the molecule is CC[C@@H](C)N(CC(=O)N1CCc2sccc2[C@@H]1c1ccccc1C)C(=O)C(C)C. The van der Waals surface area contributed by atoms with E-state index in [1.54, 1.807) is 16.2 Å². The maximum Gasteiger partial charge on any atom is 0.243 e. The molecule has 2 heterocycles. The molecule has 0 spiro atoms. The number of thiophene rings is 1. The molecule has 0 saturated carbocycles. The van der Waals surface area contributed by atoms with Crippen LogP contribution in [0.1, 0.15) is 61.7 Å². The van der Waals surface area contributed by atoms with Gasteiger partial charge in [0.2, 0.25) is 11.8 Å². The summed E-state index contributed by atoms with van der Waals surface area (Å²) >= 11 is 1.77. The van der Waals surface area contributed by atoms with Crippen molar-refractivity contribution in [3.8, 4) is 0 Å². The minimum Gasteiger partial charge on any atom is -0.330 e. The van der Waals surface area contributed by atoms with Crippen LogP contribution in [0.25, 0.3) is 0 Å². The molecule has 2 atom stereocenters. The Hall–Kier alpha value is -2.14. The van der Waals surface area contributed by atoms with Crippen molar-refractivity contribution in [3.05, 3.63) is 57.3 Å². The minimum atomic E-state index is -0.117. The molecule has 0 saturated heterocycles. The van der Waals surface area contributed by atoms with Crippen LogP contribution in [-0.4, -0.2) is 40.7 Å². The van der Waals surface area contributed by atoms with Crippen molar-refractivity contribution < 1.29 is 9.59 Å². The Kier molecular flexibility index (Phi) is 6.78. The highest BCUT2D eigenvalue weighted by Gasteiger charge is 2.35. The number of benzene rings is 1. The van der Waals surface area contributed by atoms with E-state index in [1.807, 2.05) is 37.8 Å². The van der Waals surface area contributed by atoms with Crippen LogP contribution in [0, 0.1) is 12.8 Å². The molecule has 0 unspecified atom stereocenters. The molecule has 1 aromatic carbocycles. The lowest BCUT2D eigenvalue weighted by Gasteiger charge is -2.39. The molecule has 3 rings (SSSR count). The van der Waals surface area contributed by atoms with Crippen LogP contribution in [0.3, 0.4) is 0 Å². The second-order valence-corrected chi connectivity index (χ2v) is 9.27. The molecule has 2 amide bonds. The standard InChI is InChI=1S/C24H32N2O2S/c1-6-18(5)26(24(28)16(2)3)15-22(27)25-13-11-21-20(12-14-29-21)23(25)19-10-8-7-9-17(19)4/h7-10,12,14,16,18,23H,6,11,13,15H2,1-5H3/t18-,23+/m1/s1. The topological polar surface area (TPSA) is 40.6 Å². The Balaban J connectivity index is 1.94. The number of nitrogens with zero attached hydrogens (tertiary/aromatic N) is 2. The molecular formula is C24H32N2O2S. The van der Waals surface area contributed by atoms with Crippen LogP contribution in [0.4, 0.5) is 0 Å². The lowest BCUT2D eigenvalue weighted by atomic mass is 9.90. The molecule has 29 heavy (non-hydrogen) atoms. The van der Waals surface area contributed by atoms with Gasteiger partial charge in [0.1, 0.15) is 6.54 Å². The summed E-state index contributed by atoms with van der Waals surface area (Å²) in [5.74, 6) is -0.0356. The van der Waals surface area contributed by atoms with Gasteiger partial charge < -0.3 is 9.80 Å². The van der Waals surface area contributed by atoms with Gasteiger partial charge >= 0.3 is 0 Å². The summed E-state index contributed by atoms with van der Waals surface area (Å²) in [6.07, 6.45) is 1.71. The average molecular weight is 413 g/mol. The number of aryl methyl sites for hydroxylation is 1. The fourth-order valence-electron chi connectivity index (χ4n) is 4.05. The number of amides is 2. The van der Waals surface area contributed by atoms with E-state index in [0.29, 0.717) is 6.54 Å². The van der Waals surface area contributed by atoms with Gasteiger partial charge in [-0.25, -0.2) is 0 Å². The lowest BCUT2D eigenvalue weighted by molar-refractivity contribution is -0.145. The van der Waals surface area contributed by atoms with Crippen LogP contribution in [0.5, 0.6) is 0 Å². The molecule has 0 fully saturated rings. The van der Waals surface area contributed by atoms with Crippen molar-refractivity contribution in [1.82, 2.24) is 9.80 Å². The Morgan fingerprint density at radius 2 is 1.90 bits per heavy atom. The molecule has 2 aromatic rings. The first-order valence-electron chi connectivity index (χ1n) is 10.6. The van der Waals surface area contributed by atoms with Gasteiger partial charge in [0.15, 0.2) is 0 Å². The first-order valence-corrected chi connectivity index (χ1v) is 11.4. The molecule has 5 heteroatoms. The smallest absolute Gasteiger partial charge is 0.243 e. The first-order chi connectivity index (χ1) is 13.8. The van der Waals surface area contributed by atoms with E-state index in [9.17, 15) is 9.59 Å². The molecule has 1 aliphatic heterocycles. The molecule has 0 N–H and O–H groups in total. The van der Waals surface area contributed by atoms with Crippen LogP contribution < -0.4 is 0 Å². The first kappa shape index (κ1) is 21.6. The van der Waals surface area contributed by atoms with Crippen molar-refractivity contribution in [2.24, 2.45) is 5.92 Å². The molecule has 0 bridgehead atoms. The van der Waals surface area contributed by atoms with E-state index in [1.165, 1.54) is 21.6 Å². The largest absolute Gasteiger partial charge is 0.330 e. The fourth-order valence-corrected chi connectivity index (χ4v) is 4.96. The summed E-state index contributed by atoms with van der Waals surface area (Å²) in [6, 6.07) is 10.4. The summed E-state index contributed by atoms with van der Waals surface area (Å²) in [6.45, 7) is 10.8. The second-order valence-electron chi connectivity index (χ2n) is 8.27. The molecule has 1 aromatic heterocycles. The minimum absolute atomic E-state index is 0.0319. The predicted octanol–water partition coefficient (Wildman–Crippen LogP) is 4.81. The van der Waals surface area contributed by atoms with Crippen LogP contribution in [0.15, 0.2) is 35.7 Å². The van der Waals surface area contributed by atoms with E-state index in [0.717, 1.165) is 12.8 Å². The monoisotopic (exact) mass is 412 g/mol. The summed E-state index contributed by atoms with van der Waals surface area (Å²) in [4.78, 5) is 31.4. The Bertz CT molecular complexity index is 873. The number of carbonyl (C=O) groups excluding carboxylic acids is 2. The van der Waals surface area contributed by atoms with Gasteiger partial charge in [-0.2, -0.15) is 0 Å². The van der Waals surface area contributed by atoms with Crippen LogP contribution in [-0.2, 0) is 16.0 Å². The summed E-state index contributed by atoms with van der Waals surface area (Å²) in [7, 11) is 0.